The van der Waals surface area contributed by atoms with Crippen LogP contribution in [-0.4, -0.2) is 68.1 Å². The molecule has 2 atom stereocenters. The van der Waals surface area contributed by atoms with E-state index < -0.39 is 18.0 Å². The molecule has 2 heterocycles. The quantitative estimate of drug-likeness (QED) is 0.552. The number of halogens is 1. The van der Waals surface area contributed by atoms with E-state index in [-0.39, 0.29) is 36.7 Å². The van der Waals surface area contributed by atoms with Gasteiger partial charge in [-0.1, -0.05) is 11.6 Å². The zero-order chi connectivity index (χ0) is 24.1. The highest BCUT2D eigenvalue weighted by Gasteiger charge is 2.39. The van der Waals surface area contributed by atoms with Crippen molar-refractivity contribution >= 4 is 41.0 Å². The number of ether oxygens (including phenoxy) is 3. The molecular weight excluding hydrogens is 452 g/mol. The minimum absolute atomic E-state index is 0.0274. The van der Waals surface area contributed by atoms with Gasteiger partial charge < -0.3 is 24.0 Å². The number of likely N-dealkylation sites (tertiary alicyclic amines) is 1. The van der Waals surface area contributed by atoms with Crippen molar-refractivity contribution in [3.8, 4) is 5.75 Å². The summed E-state index contributed by atoms with van der Waals surface area (Å²) in [7, 11) is 1.49. The minimum atomic E-state index is -0.985. The van der Waals surface area contributed by atoms with E-state index in [9.17, 15) is 19.2 Å². The molecule has 0 radical (unpaired) electrons. The van der Waals surface area contributed by atoms with Gasteiger partial charge in [-0.3, -0.25) is 19.2 Å². The van der Waals surface area contributed by atoms with Gasteiger partial charge in [-0.2, -0.15) is 0 Å². The van der Waals surface area contributed by atoms with Gasteiger partial charge in [0.25, 0.3) is 5.91 Å². The summed E-state index contributed by atoms with van der Waals surface area (Å²) in [5, 5.41) is 0.440. The molecule has 2 aliphatic heterocycles. The van der Waals surface area contributed by atoms with Gasteiger partial charge in [0, 0.05) is 31.1 Å². The third-order valence-electron chi connectivity index (χ3n) is 5.96. The molecule has 0 unspecified atom stereocenters. The van der Waals surface area contributed by atoms with Crippen LogP contribution in [0.4, 0.5) is 5.69 Å². The molecule has 0 aliphatic carbocycles. The molecule has 1 aromatic carbocycles. The van der Waals surface area contributed by atoms with Crippen molar-refractivity contribution in [3.63, 3.8) is 0 Å². The second-order valence-corrected chi connectivity index (χ2v) is 8.59. The third-order valence-corrected chi connectivity index (χ3v) is 6.19. The fraction of sp³-hybridized carbons (Fsp3) is 0.565. The fourth-order valence-electron chi connectivity index (χ4n) is 4.15. The van der Waals surface area contributed by atoms with E-state index in [4.69, 9.17) is 25.8 Å². The topological polar surface area (TPSA) is 102 Å². The molecule has 2 fully saturated rings. The monoisotopic (exact) mass is 480 g/mol. The van der Waals surface area contributed by atoms with E-state index in [2.05, 4.69) is 0 Å². The number of anilines is 1. The molecule has 2 saturated heterocycles. The molecule has 3 rings (SSSR count). The lowest BCUT2D eigenvalue weighted by atomic mass is 9.96. The molecule has 0 N–H and O–H groups in total. The Bertz CT molecular complexity index is 914. The number of rotatable bonds is 7. The summed E-state index contributed by atoms with van der Waals surface area (Å²) in [5.74, 6) is -1.86. The van der Waals surface area contributed by atoms with Crippen LogP contribution in [0.5, 0.6) is 5.75 Å². The first-order valence-corrected chi connectivity index (χ1v) is 11.4. The molecule has 2 amide bonds. The average molecular weight is 481 g/mol. The molecule has 0 bridgehead atoms. The fourth-order valence-corrected chi connectivity index (χ4v) is 4.31. The Labute approximate surface area is 197 Å². The SMILES string of the molecule is CCOC(=O)C1CCN(C(=O)[C@@H](C)OC(=O)[C@@H]2CC(=O)N(c3cc(Cl)ccc3OC)C2)CC1. The Hall–Kier alpha value is -2.81. The molecule has 0 spiro atoms. The molecule has 2 aliphatic rings. The van der Waals surface area contributed by atoms with Crippen molar-refractivity contribution in [2.75, 3.05) is 38.3 Å². The van der Waals surface area contributed by atoms with Crippen LogP contribution >= 0.6 is 11.6 Å². The van der Waals surface area contributed by atoms with Gasteiger partial charge in [-0.15, -0.1) is 0 Å². The summed E-state index contributed by atoms with van der Waals surface area (Å²) in [4.78, 5) is 52.9. The van der Waals surface area contributed by atoms with Crippen LogP contribution in [0.2, 0.25) is 5.02 Å². The Kier molecular flexibility index (Phi) is 8.18. The predicted octanol–water partition coefficient (Wildman–Crippen LogP) is 2.43. The van der Waals surface area contributed by atoms with Gasteiger partial charge in [-0.25, -0.2) is 0 Å². The summed E-state index contributed by atoms with van der Waals surface area (Å²) in [6, 6.07) is 4.92. The van der Waals surface area contributed by atoms with E-state index in [0.29, 0.717) is 49.0 Å². The van der Waals surface area contributed by atoms with Crippen LogP contribution in [0.15, 0.2) is 18.2 Å². The highest BCUT2D eigenvalue weighted by atomic mass is 35.5. The first kappa shape index (κ1) is 24.8. The van der Waals surface area contributed by atoms with Crippen molar-refractivity contribution in [1.29, 1.82) is 0 Å². The number of piperidine rings is 1. The normalized spacial score (nSPS) is 19.9. The maximum atomic E-state index is 12.7. The molecular formula is C23H29ClN2O7. The number of amides is 2. The van der Waals surface area contributed by atoms with E-state index in [1.165, 1.54) is 18.9 Å². The van der Waals surface area contributed by atoms with Crippen molar-refractivity contribution in [3.05, 3.63) is 23.2 Å². The van der Waals surface area contributed by atoms with Gasteiger partial charge >= 0.3 is 11.9 Å². The number of methoxy groups -OCH3 is 1. The highest BCUT2D eigenvalue weighted by molar-refractivity contribution is 6.31. The van der Waals surface area contributed by atoms with Gasteiger partial charge in [0.05, 0.1) is 31.2 Å². The van der Waals surface area contributed by atoms with E-state index in [1.807, 2.05) is 0 Å². The maximum absolute atomic E-state index is 12.7. The number of carbonyl (C=O) groups is 4. The van der Waals surface area contributed by atoms with Crippen LogP contribution in [0.25, 0.3) is 0 Å². The number of nitrogens with zero attached hydrogens (tertiary/aromatic N) is 2. The van der Waals surface area contributed by atoms with Crippen molar-refractivity contribution in [2.24, 2.45) is 11.8 Å². The van der Waals surface area contributed by atoms with Crippen LogP contribution in [0.3, 0.4) is 0 Å². The molecule has 0 aromatic heterocycles. The Morgan fingerprint density at radius 3 is 2.48 bits per heavy atom. The van der Waals surface area contributed by atoms with E-state index >= 15 is 0 Å². The van der Waals surface area contributed by atoms with Crippen LogP contribution in [0, 0.1) is 11.8 Å². The van der Waals surface area contributed by atoms with Crippen LogP contribution < -0.4 is 9.64 Å². The standard InChI is InChI=1S/C23H29ClN2O7/c1-4-32-22(29)15-7-9-25(10-8-15)21(28)14(2)33-23(30)16-11-20(27)26(13-16)18-12-17(24)5-6-19(18)31-3/h5-6,12,14-16H,4,7-11,13H2,1-3H3/t14-,16-/m1/s1. The number of benzene rings is 1. The summed E-state index contributed by atoms with van der Waals surface area (Å²) in [5.41, 5.74) is 0.485. The van der Waals surface area contributed by atoms with Crippen LogP contribution in [0.1, 0.15) is 33.1 Å². The number of hydrogen-bond donors (Lipinski definition) is 0. The third kappa shape index (κ3) is 5.76. The van der Waals surface area contributed by atoms with Gasteiger partial charge in [-0.05, 0) is 44.9 Å². The number of carbonyl (C=O) groups excluding carboxylic acids is 4. The summed E-state index contributed by atoms with van der Waals surface area (Å²) >= 11 is 6.07. The zero-order valence-electron chi connectivity index (χ0n) is 19.0. The van der Waals surface area contributed by atoms with Crippen molar-refractivity contribution < 1.29 is 33.4 Å². The Morgan fingerprint density at radius 1 is 1.15 bits per heavy atom. The van der Waals surface area contributed by atoms with Gasteiger partial charge in [0.2, 0.25) is 5.91 Å². The first-order chi connectivity index (χ1) is 15.7. The van der Waals surface area contributed by atoms with Gasteiger partial charge in [0.1, 0.15) is 5.75 Å². The molecule has 10 heteroatoms. The Balaban J connectivity index is 1.55. The molecule has 33 heavy (non-hydrogen) atoms. The molecule has 1 aromatic rings. The minimum Gasteiger partial charge on any atom is -0.495 e. The van der Waals surface area contributed by atoms with E-state index in [1.54, 1.807) is 30.0 Å². The summed E-state index contributed by atoms with van der Waals surface area (Å²) < 4.78 is 15.8. The number of hydrogen-bond acceptors (Lipinski definition) is 7. The highest BCUT2D eigenvalue weighted by Crippen LogP contribution is 2.35. The number of esters is 2. The van der Waals surface area contributed by atoms with Crippen LogP contribution in [-0.2, 0) is 28.7 Å². The second kappa shape index (κ2) is 10.9. The zero-order valence-corrected chi connectivity index (χ0v) is 19.8. The van der Waals surface area contributed by atoms with E-state index in [0.717, 1.165) is 0 Å². The summed E-state index contributed by atoms with van der Waals surface area (Å²) in [6.45, 7) is 4.51. The lowest BCUT2D eigenvalue weighted by Gasteiger charge is -2.32. The largest absolute Gasteiger partial charge is 0.495 e. The van der Waals surface area contributed by atoms with Gasteiger partial charge in [0.15, 0.2) is 6.10 Å². The summed E-state index contributed by atoms with van der Waals surface area (Å²) in [6.07, 6.45) is 0.0132. The predicted molar refractivity (Wildman–Crippen MR) is 120 cm³/mol. The molecule has 0 saturated carbocycles. The van der Waals surface area contributed by atoms with Crippen molar-refractivity contribution in [2.45, 2.75) is 39.2 Å². The lowest BCUT2D eigenvalue weighted by Crippen LogP contribution is -2.46. The second-order valence-electron chi connectivity index (χ2n) is 8.15. The average Bonchev–Trinajstić information content (AvgIpc) is 3.20. The first-order valence-electron chi connectivity index (χ1n) is 11.0. The Morgan fingerprint density at radius 2 is 1.85 bits per heavy atom. The molecule has 9 nitrogen and oxygen atoms in total. The smallest absolute Gasteiger partial charge is 0.312 e. The lowest BCUT2D eigenvalue weighted by molar-refractivity contribution is -0.163. The molecule has 180 valence electrons. The van der Waals surface area contributed by atoms with Crippen molar-refractivity contribution in [1.82, 2.24) is 4.90 Å². The maximum Gasteiger partial charge on any atom is 0.312 e.